The van der Waals surface area contributed by atoms with Crippen LogP contribution in [0, 0.1) is 28.6 Å². The summed E-state index contributed by atoms with van der Waals surface area (Å²) in [6.45, 7) is 6.01. The Balaban J connectivity index is 1.42. The van der Waals surface area contributed by atoms with Gasteiger partial charge in [0.05, 0.1) is 21.0 Å². The normalized spacial score (nSPS) is 47.2. The molecule has 6 nitrogen and oxygen atoms in total. The molecule has 8 atom stereocenters. The molecule has 7 heteroatoms. The van der Waals surface area contributed by atoms with Crippen molar-refractivity contribution in [3.05, 3.63) is 47.9 Å². The summed E-state index contributed by atoms with van der Waals surface area (Å²) in [5, 5.41) is 0. The van der Waals surface area contributed by atoms with Gasteiger partial charge in [0, 0.05) is 16.7 Å². The average Bonchev–Trinajstić information content (AvgIpc) is 3.46. The summed E-state index contributed by atoms with van der Waals surface area (Å²) < 4.78 is 41.2. The molecule has 1 spiro atoms. The molecular weight excluding hydrogens is 456 g/mol. The van der Waals surface area contributed by atoms with Gasteiger partial charge in [-0.25, -0.2) is 4.79 Å². The largest absolute Gasteiger partial charge is 0.457 e. The van der Waals surface area contributed by atoms with Gasteiger partial charge in [-0.15, -0.1) is 11.6 Å². The molecule has 1 unspecified atom stereocenters. The molecule has 4 aliphatic carbocycles. The SMILES string of the molecule is [2H]c1oc(C(=O)O[C@]2(C(=O)CCl)[C@H](C)C[C@H]3C4CCC5=CC(=O)C=C[C@]5(C)[C@@]45O[C@H]5C[C@@]32C)c([2H])c1[2H]. The number of halogens is 1. The molecule has 0 bridgehead atoms. The van der Waals surface area contributed by atoms with E-state index >= 15 is 0 Å². The van der Waals surface area contributed by atoms with Crippen LogP contribution in [0.2, 0.25) is 0 Å². The fourth-order valence-electron chi connectivity index (χ4n) is 8.40. The van der Waals surface area contributed by atoms with E-state index in [2.05, 4.69) is 6.92 Å². The molecule has 34 heavy (non-hydrogen) atoms. The minimum absolute atomic E-state index is 0.00772. The van der Waals surface area contributed by atoms with Crippen LogP contribution in [0.1, 0.15) is 61.1 Å². The standard InChI is InChI=1S/C27H29ClO6/c1-15-11-19-18-7-6-16-12-17(29)8-9-24(16,2)27(18)22(33-27)13-25(19,3)26(15,21(30)14-28)34-23(31)20-5-4-10-32-20/h4-5,8-10,12,15,18-19,22H,6-7,11,13-14H2,1-3H3/t15-,18?,19+,22+,24+,25+,26+,27-/m1/s1/i4D,5D,10D. The number of Topliss-reactive ketones (excluding diaryl/α,β-unsaturated/α-hetero) is 1. The van der Waals surface area contributed by atoms with E-state index in [0.717, 1.165) is 18.4 Å². The Bertz CT molecular complexity index is 1320. The van der Waals surface area contributed by atoms with E-state index in [1.54, 1.807) is 12.2 Å². The fourth-order valence-corrected chi connectivity index (χ4v) is 8.60. The van der Waals surface area contributed by atoms with Gasteiger partial charge in [0.1, 0.15) is 6.97 Å². The van der Waals surface area contributed by atoms with Crippen LogP contribution in [-0.4, -0.2) is 40.7 Å². The van der Waals surface area contributed by atoms with Crippen LogP contribution in [0.25, 0.3) is 0 Å². The lowest BCUT2D eigenvalue weighted by Crippen LogP contribution is -2.63. The van der Waals surface area contributed by atoms with Gasteiger partial charge in [0.15, 0.2) is 17.2 Å². The molecule has 0 N–H and O–H groups in total. The number of carbonyl (C=O) groups is 3. The highest BCUT2D eigenvalue weighted by Gasteiger charge is 2.82. The first-order valence-corrected chi connectivity index (χ1v) is 12.4. The second kappa shape index (κ2) is 6.94. The Morgan fingerprint density at radius 1 is 1.32 bits per heavy atom. The second-order valence-electron chi connectivity index (χ2n) is 11.0. The molecule has 0 aromatic carbocycles. The number of ether oxygens (including phenoxy) is 2. The number of epoxide rings is 1. The number of rotatable bonds is 4. The van der Waals surface area contributed by atoms with Crippen LogP contribution < -0.4 is 0 Å². The van der Waals surface area contributed by atoms with Crippen molar-refractivity contribution in [1.29, 1.82) is 0 Å². The van der Waals surface area contributed by atoms with E-state index in [-0.39, 0.29) is 35.5 Å². The van der Waals surface area contributed by atoms with Crippen molar-refractivity contribution in [3.63, 3.8) is 0 Å². The van der Waals surface area contributed by atoms with Crippen molar-refractivity contribution < 1.29 is 32.4 Å². The zero-order valence-corrected chi connectivity index (χ0v) is 20.2. The minimum Gasteiger partial charge on any atom is -0.457 e. The predicted molar refractivity (Wildman–Crippen MR) is 123 cm³/mol. The Morgan fingerprint density at radius 3 is 2.82 bits per heavy atom. The smallest absolute Gasteiger partial charge is 0.375 e. The average molecular weight is 488 g/mol. The highest BCUT2D eigenvalue weighted by atomic mass is 35.5. The molecule has 0 amide bonds. The van der Waals surface area contributed by atoms with Crippen molar-refractivity contribution in [1.82, 2.24) is 0 Å². The van der Waals surface area contributed by atoms with E-state index in [4.69, 9.17) is 29.6 Å². The Labute approximate surface area is 207 Å². The lowest BCUT2D eigenvalue weighted by molar-refractivity contribution is -0.162. The summed E-state index contributed by atoms with van der Waals surface area (Å²) in [5.74, 6) is -2.66. The van der Waals surface area contributed by atoms with E-state index < -0.39 is 57.9 Å². The summed E-state index contributed by atoms with van der Waals surface area (Å²) in [4.78, 5) is 39.1. The molecule has 5 aliphatic rings. The molecule has 2 heterocycles. The van der Waals surface area contributed by atoms with E-state index in [9.17, 15) is 14.4 Å². The Morgan fingerprint density at radius 2 is 2.12 bits per heavy atom. The number of furan rings is 1. The van der Waals surface area contributed by atoms with E-state index in [1.165, 1.54) is 0 Å². The number of allylic oxidation sites excluding steroid dienone is 2. The summed E-state index contributed by atoms with van der Waals surface area (Å²) in [7, 11) is 0. The molecular formula is C27H29ClO6. The highest BCUT2D eigenvalue weighted by Crippen LogP contribution is 2.77. The first-order chi connectivity index (χ1) is 17.4. The van der Waals surface area contributed by atoms with Crippen LogP contribution in [0.3, 0.4) is 0 Å². The molecule has 4 fully saturated rings. The van der Waals surface area contributed by atoms with Gasteiger partial charge in [-0.3, -0.25) is 9.59 Å². The number of hydrogen-bond acceptors (Lipinski definition) is 6. The fraction of sp³-hybridized carbons (Fsp3) is 0.593. The number of carbonyl (C=O) groups excluding carboxylic acids is 3. The molecule has 1 aliphatic heterocycles. The van der Waals surface area contributed by atoms with Crippen molar-refractivity contribution in [2.45, 2.75) is 63.8 Å². The molecule has 180 valence electrons. The molecule has 3 saturated carbocycles. The summed E-state index contributed by atoms with van der Waals surface area (Å²) in [5.41, 5.74) is -2.18. The van der Waals surface area contributed by atoms with Crippen molar-refractivity contribution in [3.8, 4) is 0 Å². The Hall–Kier alpha value is -2.18. The zero-order valence-electron chi connectivity index (χ0n) is 22.4. The first kappa shape index (κ1) is 19.1. The van der Waals surface area contributed by atoms with Gasteiger partial charge in [-0.05, 0) is 68.7 Å². The third-order valence-electron chi connectivity index (χ3n) is 9.83. The van der Waals surface area contributed by atoms with Crippen molar-refractivity contribution >= 4 is 29.1 Å². The summed E-state index contributed by atoms with van der Waals surface area (Å²) in [6, 6.07) is -1.05. The van der Waals surface area contributed by atoms with Crippen LogP contribution >= 0.6 is 11.6 Å². The Kier molecular flexibility index (Phi) is 3.89. The molecule has 1 saturated heterocycles. The van der Waals surface area contributed by atoms with Gasteiger partial charge in [-0.1, -0.05) is 25.5 Å². The van der Waals surface area contributed by atoms with Gasteiger partial charge in [-0.2, -0.15) is 0 Å². The quantitative estimate of drug-likeness (QED) is 0.348. The third-order valence-corrected chi connectivity index (χ3v) is 10.1. The van der Waals surface area contributed by atoms with E-state index in [1.807, 2.05) is 19.9 Å². The lowest BCUT2D eigenvalue weighted by atomic mass is 9.46. The highest BCUT2D eigenvalue weighted by molar-refractivity contribution is 6.29. The topological polar surface area (TPSA) is 86.1 Å². The van der Waals surface area contributed by atoms with Gasteiger partial charge in [0.2, 0.25) is 5.76 Å². The zero-order chi connectivity index (χ0) is 26.7. The van der Waals surface area contributed by atoms with Crippen molar-refractivity contribution in [2.24, 2.45) is 28.6 Å². The maximum absolute atomic E-state index is 13.7. The van der Waals surface area contributed by atoms with Crippen LogP contribution in [-0.2, 0) is 19.1 Å². The second-order valence-corrected chi connectivity index (χ2v) is 11.2. The van der Waals surface area contributed by atoms with Gasteiger partial charge < -0.3 is 13.9 Å². The first-order valence-electron chi connectivity index (χ1n) is 13.4. The number of hydrogen-bond donors (Lipinski definition) is 0. The molecule has 1 aromatic heterocycles. The van der Waals surface area contributed by atoms with Crippen molar-refractivity contribution in [2.75, 3.05) is 5.88 Å². The molecule has 6 rings (SSSR count). The predicted octanol–water partition coefficient (Wildman–Crippen LogP) is 4.67. The summed E-state index contributed by atoms with van der Waals surface area (Å²) in [6.07, 6.45) is 7.18. The number of alkyl halides is 1. The van der Waals surface area contributed by atoms with Gasteiger partial charge >= 0.3 is 5.97 Å². The monoisotopic (exact) mass is 487 g/mol. The minimum atomic E-state index is -1.58. The molecule has 0 radical (unpaired) electrons. The third kappa shape index (κ3) is 2.44. The molecule has 1 aromatic rings. The maximum atomic E-state index is 13.7. The van der Waals surface area contributed by atoms with Crippen LogP contribution in [0.4, 0.5) is 0 Å². The van der Waals surface area contributed by atoms with E-state index in [0.29, 0.717) is 12.8 Å². The number of esters is 1. The lowest BCUT2D eigenvalue weighted by Gasteiger charge is -2.56. The number of fused-ring (bicyclic) bond motifs is 3. The maximum Gasteiger partial charge on any atom is 0.375 e. The van der Waals surface area contributed by atoms with Crippen LogP contribution in [0.5, 0.6) is 0 Å². The van der Waals surface area contributed by atoms with Gasteiger partial charge in [0.25, 0.3) is 0 Å². The van der Waals surface area contributed by atoms with Crippen LogP contribution in [0.15, 0.2) is 46.5 Å². The summed E-state index contributed by atoms with van der Waals surface area (Å²) >= 11 is 6.14. The number of ketones is 2.